The number of fused-ring (bicyclic) bond motifs is 5. The molecule has 2 fully saturated rings. The lowest BCUT2D eigenvalue weighted by Crippen LogP contribution is -2.51. The van der Waals surface area contributed by atoms with Gasteiger partial charge >= 0.3 is 12.1 Å². The molecule has 0 aromatic heterocycles. The first kappa shape index (κ1) is 18.2. The van der Waals surface area contributed by atoms with Crippen LogP contribution in [0.2, 0.25) is 0 Å². The molecule has 2 bridgehead atoms. The van der Waals surface area contributed by atoms with Gasteiger partial charge in [0.2, 0.25) is 11.8 Å². The zero-order chi connectivity index (χ0) is 19.6. The number of carbonyl (C=O) groups excluding carboxylic acids is 3. The Morgan fingerprint density at radius 3 is 2.52 bits per heavy atom. The van der Waals surface area contributed by atoms with E-state index in [1.54, 1.807) is 35.7 Å². The molecule has 3 amide bonds. The van der Waals surface area contributed by atoms with Crippen LogP contribution in [0, 0.1) is 11.8 Å². The van der Waals surface area contributed by atoms with Crippen molar-refractivity contribution in [2.75, 3.05) is 11.4 Å². The number of anilines is 1. The molecule has 3 aliphatic heterocycles. The Labute approximate surface area is 159 Å². The minimum atomic E-state index is -5.05. The van der Waals surface area contributed by atoms with Crippen LogP contribution in [0.4, 0.5) is 18.9 Å². The summed E-state index contributed by atoms with van der Waals surface area (Å²) >= 11 is 3.27. The first-order valence-electron chi connectivity index (χ1n) is 8.00. The summed E-state index contributed by atoms with van der Waals surface area (Å²) in [4.78, 5) is 38.0. The van der Waals surface area contributed by atoms with E-state index in [0.717, 1.165) is 9.37 Å². The van der Waals surface area contributed by atoms with Gasteiger partial charge in [-0.05, 0) is 24.3 Å². The number of hydrogen-bond acceptors (Lipinski definition) is 4. The highest BCUT2D eigenvalue weighted by Gasteiger charge is 2.68. The molecule has 10 heteroatoms. The average molecular weight is 445 g/mol. The molecule has 3 heterocycles. The van der Waals surface area contributed by atoms with Gasteiger partial charge in [-0.2, -0.15) is 13.2 Å². The highest BCUT2D eigenvalue weighted by molar-refractivity contribution is 9.10. The quantitative estimate of drug-likeness (QED) is 0.570. The molecule has 0 radical (unpaired) electrons. The smallest absolute Gasteiger partial charge is 0.360 e. The van der Waals surface area contributed by atoms with E-state index in [-0.39, 0.29) is 0 Å². The third-order valence-corrected chi connectivity index (χ3v) is 5.55. The molecule has 6 nitrogen and oxygen atoms in total. The predicted molar refractivity (Wildman–Crippen MR) is 89.4 cm³/mol. The van der Waals surface area contributed by atoms with Gasteiger partial charge in [-0.3, -0.25) is 14.4 Å². The summed E-state index contributed by atoms with van der Waals surface area (Å²) in [7, 11) is 0. The minimum Gasteiger partial charge on any atom is -0.360 e. The van der Waals surface area contributed by atoms with Crippen LogP contribution >= 0.6 is 15.9 Å². The molecular formula is C17H12BrF3N2O4. The van der Waals surface area contributed by atoms with Crippen LogP contribution in [0.25, 0.3) is 0 Å². The Bertz CT molecular complexity index is 870. The van der Waals surface area contributed by atoms with E-state index in [4.69, 9.17) is 4.74 Å². The van der Waals surface area contributed by atoms with E-state index in [9.17, 15) is 27.6 Å². The number of halogens is 4. The number of benzene rings is 1. The number of alkyl halides is 3. The van der Waals surface area contributed by atoms with E-state index < -0.39 is 54.0 Å². The van der Waals surface area contributed by atoms with Gasteiger partial charge in [0.05, 0.1) is 30.2 Å². The summed E-state index contributed by atoms with van der Waals surface area (Å²) in [6, 6.07) is 6.53. The maximum Gasteiger partial charge on any atom is 0.471 e. The Balaban J connectivity index is 1.62. The monoisotopic (exact) mass is 444 g/mol. The fraction of sp³-hybridized carbons (Fsp3) is 0.353. The molecule has 142 valence electrons. The first-order valence-corrected chi connectivity index (χ1v) is 8.79. The van der Waals surface area contributed by atoms with Crippen molar-refractivity contribution in [3.63, 3.8) is 0 Å². The third-order valence-electron chi connectivity index (χ3n) is 5.02. The Kier molecular flexibility index (Phi) is 3.97. The second kappa shape index (κ2) is 5.90. The molecule has 3 aliphatic rings. The maximum absolute atomic E-state index is 13.0. The summed E-state index contributed by atoms with van der Waals surface area (Å²) in [5, 5.41) is 1.76. The molecule has 27 heavy (non-hydrogen) atoms. The number of nitrogens with zero attached hydrogens (tertiary/aromatic N) is 1. The Hall–Kier alpha value is -2.20. The third kappa shape index (κ3) is 2.69. The summed E-state index contributed by atoms with van der Waals surface area (Å²) in [6.07, 6.45) is -2.74. The van der Waals surface area contributed by atoms with Gasteiger partial charge in [-0.15, -0.1) is 0 Å². The van der Waals surface area contributed by atoms with Crippen molar-refractivity contribution in [2.24, 2.45) is 11.8 Å². The molecule has 0 unspecified atom stereocenters. The lowest BCUT2D eigenvalue weighted by Gasteiger charge is -2.29. The second-order valence-electron chi connectivity index (χ2n) is 6.57. The molecule has 1 aromatic carbocycles. The lowest BCUT2D eigenvalue weighted by molar-refractivity contribution is -0.174. The fourth-order valence-corrected chi connectivity index (χ4v) is 4.13. The van der Waals surface area contributed by atoms with Gasteiger partial charge in [0, 0.05) is 4.47 Å². The van der Waals surface area contributed by atoms with Crippen molar-refractivity contribution in [1.82, 2.24) is 5.32 Å². The van der Waals surface area contributed by atoms with Crippen LogP contribution in [-0.2, 0) is 19.1 Å². The van der Waals surface area contributed by atoms with Crippen LogP contribution in [-0.4, -0.2) is 42.1 Å². The van der Waals surface area contributed by atoms with Crippen LogP contribution in [0.15, 0.2) is 40.9 Å². The number of rotatable bonds is 3. The van der Waals surface area contributed by atoms with Crippen molar-refractivity contribution in [3.8, 4) is 0 Å². The van der Waals surface area contributed by atoms with Crippen LogP contribution in [0.3, 0.4) is 0 Å². The van der Waals surface area contributed by atoms with Gasteiger partial charge in [0.25, 0.3) is 0 Å². The van der Waals surface area contributed by atoms with E-state index in [1.807, 2.05) is 0 Å². The average Bonchev–Trinajstić information content (AvgIpc) is 3.24. The highest BCUT2D eigenvalue weighted by Crippen LogP contribution is 2.52. The fourth-order valence-electron chi connectivity index (χ4n) is 3.87. The second-order valence-corrected chi connectivity index (χ2v) is 7.48. The zero-order valence-electron chi connectivity index (χ0n) is 13.5. The molecule has 4 atom stereocenters. The lowest BCUT2D eigenvalue weighted by atomic mass is 9.77. The summed E-state index contributed by atoms with van der Waals surface area (Å²) < 4.78 is 43.9. The normalized spacial score (nSPS) is 31.6. The van der Waals surface area contributed by atoms with Crippen LogP contribution < -0.4 is 10.2 Å². The van der Waals surface area contributed by atoms with E-state index in [2.05, 4.69) is 15.9 Å². The van der Waals surface area contributed by atoms with E-state index in [1.165, 1.54) is 6.08 Å². The zero-order valence-corrected chi connectivity index (χ0v) is 15.1. The molecule has 1 N–H and O–H groups in total. The SMILES string of the molecule is O=C1[C@H]2[C@@H](C(=O)N1c1ccc(Br)cc1)[C@]1(CNC(=O)C(F)(F)F)C=C[C@H]2O1. The van der Waals surface area contributed by atoms with Gasteiger partial charge < -0.3 is 10.1 Å². The molecular weight excluding hydrogens is 433 g/mol. The van der Waals surface area contributed by atoms with Crippen molar-refractivity contribution in [2.45, 2.75) is 17.9 Å². The van der Waals surface area contributed by atoms with Gasteiger partial charge in [-0.1, -0.05) is 28.1 Å². The number of carbonyl (C=O) groups is 3. The highest BCUT2D eigenvalue weighted by atomic mass is 79.9. The van der Waals surface area contributed by atoms with Crippen LogP contribution in [0.1, 0.15) is 0 Å². The summed E-state index contributed by atoms with van der Waals surface area (Å²) in [6.45, 7) is -0.549. The molecule has 0 saturated carbocycles. The summed E-state index contributed by atoms with van der Waals surface area (Å²) in [5.41, 5.74) is -1.09. The molecule has 4 rings (SSSR count). The number of nitrogens with one attached hydrogen (secondary N) is 1. The van der Waals surface area contributed by atoms with Gasteiger partial charge in [0.1, 0.15) is 5.60 Å². The first-order chi connectivity index (χ1) is 12.6. The predicted octanol–water partition coefficient (Wildman–Crippen LogP) is 1.94. The number of amides is 3. The van der Waals surface area contributed by atoms with Gasteiger partial charge in [-0.25, -0.2) is 4.90 Å². The van der Waals surface area contributed by atoms with Gasteiger partial charge in [0.15, 0.2) is 0 Å². The standard InChI is InChI=1S/C17H12BrF3N2O4/c18-8-1-3-9(4-2-8)23-13(24)11-10-5-6-16(27-10,12(11)14(23)25)7-22-15(26)17(19,20)21/h1-6,10-12H,7H2,(H,22,26)/t10-,11-,12+,16-/m1/s1. The minimum absolute atomic E-state index is 0.372. The van der Waals surface area contributed by atoms with Crippen molar-refractivity contribution in [3.05, 3.63) is 40.9 Å². The van der Waals surface area contributed by atoms with E-state index in [0.29, 0.717) is 5.69 Å². The summed E-state index contributed by atoms with van der Waals surface area (Å²) in [5.74, 6) is -4.96. The number of hydrogen-bond donors (Lipinski definition) is 1. The largest absolute Gasteiger partial charge is 0.471 e. The number of imide groups is 1. The molecule has 2 saturated heterocycles. The van der Waals surface area contributed by atoms with Crippen molar-refractivity contribution >= 4 is 39.3 Å². The molecule has 0 spiro atoms. The number of ether oxygens (including phenoxy) is 1. The Morgan fingerprint density at radius 2 is 1.89 bits per heavy atom. The molecule has 1 aromatic rings. The maximum atomic E-state index is 13.0. The Morgan fingerprint density at radius 1 is 1.22 bits per heavy atom. The van der Waals surface area contributed by atoms with Crippen molar-refractivity contribution < 1.29 is 32.3 Å². The molecule has 0 aliphatic carbocycles. The topological polar surface area (TPSA) is 75.7 Å². The van der Waals surface area contributed by atoms with Crippen molar-refractivity contribution in [1.29, 1.82) is 0 Å². The van der Waals surface area contributed by atoms with E-state index >= 15 is 0 Å². The van der Waals surface area contributed by atoms with Crippen LogP contribution in [0.5, 0.6) is 0 Å².